The molecular weight excluding hydrogens is 509 g/mol. The van der Waals surface area contributed by atoms with Crippen molar-refractivity contribution in [3.8, 4) is 11.5 Å². The van der Waals surface area contributed by atoms with Gasteiger partial charge in [0.15, 0.2) is 5.69 Å². The summed E-state index contributed by atoms with van der Waals surface area (Å²) in [6.07, 6.45) is 0.0587. The molecule has 1 amide bonds. The Morgan fingerprint density at radius 3 is 2.28 bits per heavy atom. The molecule has 1 aliphatic carbocycles. The highest BCUT2D eigenvalue weighted by Crippen LogP contribution is 2.45. The van der Waals surface area contributed by atoms with Crippen LogP contribution in [-0.2, 0) is 17.5 Å². The van der Waals surface area contributed by atoms with Gasteiger partial charge < -0.3 is 9.47 Å². The van der Waals surface area contributed by atoms with Gasteiger partial charge in [0, 0.05) is 11.6 Å². The topological polar surface area (TPSA) is 69.0 Å². The number of alkyl halides is 3. The lowest BCUT2D eigenvalue weighted by atomic mass is 9.77. The molecule has 7 nitrogen and oxygen atoms in total. The Morgan fingerprint density at radius 2 is 1.69 bits per heavy atom. The largest absolute Gasteiger partial charge is 0.497 e. The van der Waals surface area contributed by atoms with E-state index in [1.807, 2.05) is 48.5 Å². The number of hydrazone groups is 1. The number of fused-ring (bicyclic) bond motifs is 1. The van der Waals surface area contributed by atoms with E-state index in [1.54, 1.807) is 14.2 Å². The van der Waals surface area contributed by atoms with Crippen LogP contribution in [0.4, 0.5) is 13.2 Å². The van der Waals surface area contributed by atoms with Gasteiger partial charge in [-0.2, -0.15) is 23.4 Å². The molecule has 10 heteroatoms. The molecule has 0 saturated heterocycles. The van der Waals surface area contributed by atoms with E-state index in [9.17, 15) is 18.0 Å². The molecule has 0 unspecified atom stereocenters. The van der Waals surface area contributed by atoms with Gasteiger partial charge in [-0.3, -0.25) is 9.48 Å². The zero-order valence-corrected chi connectivity index (χ0v) is 21.9. The second kappa shape index (κ2) is 10.6. The summed E-state index contributed by atoms with van der Waals surface area (Å²) in [6, 6.07) is 15.7. The second-order valence-corrected chi connectivity index (χ2v) is 9.71. The molecule has 2 aromatic carbocycles. The molecule has 1 fully saturated rings. The molecule has 1 aliphatic heterocycles. The predicted octanol–water partition coefficient (Wildman–Crippen LogP) is 6.05. The first-order valence-electron chi connectivity index (χ1n) is 12.7. The number of carbonyl (C=O) groups excluding carboxylic acids is 1. The van der Waals surface area contributed by atoms with E-state index in [1.165, 1.54) is 11.9 Å². The average molecular weight is 539 g/mol. The van der Waals surface area contributed by atoms with Crippen molar-refractivity contribution in [3.05, 3.63) is 82.7 Å². The Bertz CT molecular complexity index is 1410. The number of allylic oxidation sites excluding steroid dienone is 1. The summed E-state index contributed by atoms with van der Waals surface area (Å²) in [5.74, 6) is 0.966. The van der Waals surface area contributed by atoms with E-state index in [0.717, 1.165) is 58.2 Å². The van der Waals surface area contributed by atoms with Gasteiger partial charge in [-0.15, -0.1) is 0 Å². The van der Waals surface area contributed by atoms with Crippen molar-refractivity contribution in [2.45, 2.75) is 44.9 Å². The van der Waals surface area contributed by atoms with E-state index < -0.39 is 23.8 Å². The number of aryl methyl sites for hydroxylation is 1. The van der Waals surface area contributed by atoms with Crippen LogP contribution >= 0.6 is 0 Å². The van der Waals surface area contributed by atoms with Gasteiger partial charge >= 0.3 is 6.18 Å². The first-order chi connectivity index (χ1) is 18.7. The zero-order valence-electron chi connectivity index (χ0n) is 21.9. The molecule has 1 aromatic heterocycles. The highest BCUT2D eigenvalue weighted by atomic mass is 19.4. The summed E-state index contributed by atoms with van der Waals surface area (Å²) in [5, 5.41) is 9.90. The van der Waals surface area contributed by atoms with Crippen LogP contribution in [0, 0.1) is 12.8 Å². The molecule has 39 heavy (non-hydrogen) atoms. The number of nitrogens with zero attached hydrogens (tertiary/aromatic N) is 4. The number of benzene rings is 2. The van der Waals surface area contributed by atoms with E-state index in [0.29, 0.717) is 5.75 Å². The third-order valence-corrected chi connectivity index (χ3v) is 7.23. The van der Waals surface area contributed by atoms with Crippen molar-refractivity contribution in [2.24, 2.45) is 11.0 Å². The molecule has 3 aromatic rings. The molecule has 204 valence electrons. The minimum Gasteiger partial charge on any atom is -0.497 e. The first-order valence-corrected chi connectivity index (χ1v) is 12.7. The van der Waals surface area contributed by atoms with E-state index >= 15 is 0 Å². The van der Waals surface area contributed by atoms with Crippen LogP contribution in [0.5, 0.6) is 11.5 Å². The summed E-state index contributed by atoms with van der Waals surface area (Å²) >= 11 is 0. The number of methoxy groups -OCH3 is 2. The maximum atomic E-state index is 13.6. The number of ether oxygens (including phenoxy) is 2. The van der Waals surface area contributed by atoms with Crippen molar-refractivity contribution in [3.63, 3.8) is 0 Å². The highest BCUT2D eigenvalue weighted by molar-refractivity contribution is 6.08. The molecule has 2 atom stereocenters. The molecule has 1 saturated carbocycles. The lowest BCUT2D eigenvalue weighted by Gasteiger charge is -2.29. The Morgan fingerprint density at radius 1 is 1.05 bits per heavy atom. The van der Waals surface area contributed by atoms with E-state index in [-0.39, 0.29) is 18.2 Å². The number of amides is 1. The van der Waals surface area contributed by atoms with Gasteiger partial charge in [-0.05, 0) is 79.3 Å². The van der Waals surface area contributed by atoms with E-state index in [4.69, 9.17) is 14.6 Å². The summed E-state index contributed by atoms with van der Waals surface area (Å²) in [7, 11) is 3.20. The molecule has 0 spiro atoms. The number of rotatable bonds is 6. The summed E-state index contributed by atoms with van der Waals surface area (Å²) in [5.41, 5.74) is 2.98. The number of hydrogen-bond donors (Lipinski definition) is 0. The number of halogens is 3. The molecule has 2 heterocycles. The maximum Gasteiger partial charge on any atom is 0.435 e. The Hall–Kier alpha value is -4.08. The number of aromatic nitrogens is 2. The van der Waals surface area contributed by atoms with Gasteiger partial charge in [0.05, 0.1) is 26.0 Å². The Labute approximate surface area is 224 Å². The van der Waals surface area contributed by atoms with Crippen LogP contribution in [0.1, 0.15) is 47.8 Å². The van der Waals surface area contributed by atoms with Crippen LogP contribution in [0.15, 0.2) is 65.3 Å². The van der Waals surface area contributed by atoms with Gasteiger partial charge in [-0.1, -0.05) is 24.3 Å². The van der Waals surface area contributed by atoms with Crippen LogP contribution in [-0.4, -0.2) is 40.6 Å². The predicted molar refractivity (Wildman–Crippen MR) is 140 cm³/mol. The van der Waals surface area contributed by atoms with Crippen molar-refractivity contribution in [2.75, 3.05) is 14.2 Å². The molecule has 0 radical (unpaired) electrons. The first kappa shape index (κ1) is 26.5. The normalized spacial score (nSPS) is 20.1. The lowest BCUT2D eigenvalue weighted by Crippen LogP contribution is -2.34. The standard InChI is InChI=1S/C29H29F3N4O3/c1-18-15-25(29(30,31)32)33-35(18)17-26(37)36-28(20-9-13-23(39-3)14-10-20)24-6-4-5-21(27(24)34-36)16-19-7-11-22(38-2)12-8-19/h7-16,24,28H,4-6,17H2,1-3H3/b21-16-/t24-,28-/m1/s1. The monoisotopic (exact) mass is 538 g/mol. The van der Waals surface area contributed by atoms with Crippen LogP contribution < -0.4 is 9.47 Å². The summed E-state index contributed by atoms with van der Waals surface area (Å²) in [6.45, 7) is 1.15. The number of carbonyl (C=O) groups is 1. The summed E-state index contributed by atoms with van der Waals surface area (Å²) in [4.78, 5) is 13.6. The fraction of sp³-hybridized carbons (Fsp3) is 0.345. The number of hydrogen-bond acceptors (Lipinski definition) is 5. The highest BCUT2D eigenvalue weighted by Gasteiger charge is 2.44. The fourth-order valence-electron chi connectivity index (χ4n) is 5.25. The fourth-order valence-corrected chi connectivity index (χ4v) is 5.25. The minimum atomic E-state index is -4.59. The molecule has 2 aliphatic rings. The third-order valence-electron chi connectivity index (χ3n) is 7.23. The zero-order chi connectivity index (χ0) is 27.7. The van der Waals surface area contributed by atoms with Gasteiger partial charge in [0.1, 0.15) is 18.0 Å². The third kappa shape index (κ3) is 5.41. The molecular formula is C29H29F3N4O3. The van der Waals surface area contributed by atoms with E-state index in [2.05, 4.69) is 11.2 Å². The van der Waals surface area contributed by atoms with Crippen molar-refractivity contribution in [1.29, 1.82) is 0 Å². The Kier molecular flexibility index (Phi) is 7.20. The lowest BCUT2D eigenvalue weighted by molar-refractivity contribution is -0.142. The van der Waals surface area contributed by atoms with Gasteiger partial charge in [0.2, 0.25) is 0 Å². The molecule has 0 bridgehead atoms. The summed E-state index contributed by atoms with van der Waals surface area (Å²) < 4.78 is 51.3. The Balaban J connectivity index is 1.50. The molecule has 5 rings (SSSR count). The van der Waals surface area contributed by atoms with Crippen LogP contribution in [0.3, 0.4) is 0 Å². The average Bonchev–Trinajstić information content (AvgIpc) is 3.50. The smallest absolute Gasteiger partial charge is 0.435 e. The minimum absolute atomic E-state index is 0.0509. The SMILES string of the molecule is COc1ccc(/C=C2/CCC[C@@H]3C2=NN(C(=O)Cn2nc(C(F)(F)F)cc2C)[C@@H]3c2ccc(OC)cc2)cc1. The van der Waals surface area contributed by atoms with Crippen molar-refractivity contribution in [1.82, 2.24) is 14.8 Å². The van der Waals surface area contributed by atoms with Crippen LogP contribution in [0.25, 0.3) is 6.08 Å². The molecule has 0 N–H and O–H groups in total. The van der Waals surface area contributed by atoms with Gasteiger partial charge in [-0.25, -0.2) is 5.01 Å². The second-order valence-electron chi connectivity index (χ2n) is 9.71. The van der Waals surface area contributed by atoms with Crippen molar-refractivity contribution < 1.29 is 27.4 Å². The quantitative estimate of drug-likeness (QED) is 0.383. The maximum absolute atomic E-state index is 13.6. The van der Waals surface area contributed by atoms with Crippen molar-refractivity contribution >= 4 is 17.7 Å². The van der Waals surface area contributed by atoms with Gasteiger partial charge in [0.25, 0.3) is 5.91 Å². The van der Waals surface area contributed by atoms with Crippen LogP contribution in [0.2, 0.25) is 0 Å².